The fourth-order valence-electron chi connectivity index (χ4n) is 2.30. The summed E-state index contributed by atoms with van der Waals surface area (Å²) in [6.45, 7) is 4.97. The SMILES string of the molecule is CCOC(=O)COc1c(Br)cc(/C=N/NC(=O)CN2CCOCC2)cc1I. The Labute approximate surface area is 179 Å². The lowest BCUT2D eigenvalue weighted by Gasteiger charge is -2.25. The highest BCUT2D eigenvalue weighted by atomic mass is 127. The molecule has 1 saturated heterocycles. The molecule has 0 bridgehead atoms. The quantitative estimate of drug-likeness (QED) is 0.228. The second-order valence-corrected chi connectivity index (χ2v) is 7.61. The molecule has 1 fully saturated rings. The molecule has 2 rings (SSSR count). The van der Waals surface area contributed by atoms with Gasteiger partial charge in [-0.3, -0.25) is 9.69 Å². The molecule has 0 saturated carbocycles. The molecule has 0 aromatic heterocycles. The molecular formula is C17H21BrIN3O5. The normalized spacial score (nSPS) is 14.9. The monoisotopic (exact) mass is 553 g/mol. The maximum atomic E-state index is 11.9. The molecule has 8 nitrogen and oxygen atoms in total. The molecule has 0 radical (unpaired) electrons. The lowest BCUT2D eigenvalue weighted by atomic mass is 10.2. The molecule has 1 heterocycles. The van der Waals surface area contributed by atoms with E-state index in [1.165, 1.54) is 0 Å². The molecular weight excluding hydrogens is 533 g/mol. The van der Waals surface area contributed by atoms with Crippen molar-refractivity contribution in [3.8, 4) is 5.75 Å². The van der Waals surface area contributed by atoms with Crippen LogP contribution in [-0.4, -0.2) is 69.1 Å². The third-order valence-corrected chi connectivity index (χ3v) is 4.92. The highest BCUT2D eigenvalue weighted by Gasteiger charge is 2.14. The van der Waals surface area contributed by atoms with Crippen LogP contribution in [0.5, 0.6) is 5.75 Å². The first-order valence-corrected chi connectivity index (χ1v) is 10.3. The molecule has 1 amide bonds. The Morgan fingerprint density at radius 3 is 2.81 bits per heavy atom. The van der Waals surface area contributed by atoms with Gasteiger partial charge in [-0.05, 0) is 63.1 Å². The molecule has 10 heteroatoms. The van der Waals surface area contributed by atoms with Crippen molar-refractivity contribution in [2.24, 2.45) is 5.10 Å². The van der Waals surface area contributed by atoms with Crippen molar-refractivity contribution >= 4 is 56.6 Å². The number of amides is 1. The van der Waals surface area contributed by atoms with E-state index in [2.05, 4.69) is 49.0 Å². The molecule has 27 heavy (non-hydrogen) atoms. The van der Waals surface area contributed by atoms with Crippen LogP contribution in [0.25, 0.3) is 0 Å². The van der Waals surface area contributed by atoms with E-state index in [1.54, 1.807) is 19.2 Å². The second kappa shape index (κ2) is 11.6. The lowest BCUT2D eigenvalue weighted by Crippen LogP contribution is -2.42. The summed E-state index contributed by atoms with van der Waals surface area (Å²) in [6.07, 6.45) is 1.55. The molecule has 0 spiro atoms. The summed E-state index contributed by atoms with van der Waals surface area (Å²) in [5.41, 5.74) is 3.30. The number of ether oxygens (including phenoxy) is 3. The Bertz CT molecular complexity index is 672. The van der Waals surface area contributed by atoms with Crippen molar-refractivity contribution in [2.45, 2.75) is 6.92 Å². The van der Waals surface area contributed by atoms with E-state index in [9.17, 15) is 9.59 Å². The predicted molar refractivity (Wildman–Crippen MR) is 112 cm³/mol. The summed E-state index contributed by atoms with van der Waals surface area (Å²) in [5, 5.41) is 4.00. The van der Waals surface area contributed by atoms with Crippen LogP contribution in [0.15, 0.2) is 21.7 Å². The van der Waals surface area contributed by atoms with Crippen molar-refractivity contribution in [1.29, 1.82) is 0 Å². The highest BCUT2D eigenvalue weighted by Crippen LogP contribution is 2.31. The Hall–Kier alpha value is -1.24. The third-order valence-electron chi connectivity index (χ3n) is 3.53. The van der Waals surface area contributed by atoms with Gasteiger partial charge in [0.25, 0.3) is 5.91 Å². The number of hydrogen-bond donors (Lipinski definition) is 1. The minimum atomic E-state index is -0.422. The second-order valence-electron chi connectivity index (χ2n) is 5.59. The number of nitrogens with one attached hydrogen (secondary N) is 1. The van der Waals surface area contributed by atoms with Gasteiger partial charge in [-0.15, -0.1) is 0 Å². The number of morpholine rings is 1. The fraction of sp³-hybridized carbons (Fsp3) is 0.471. The Kier molecular flexibility index (Phi) is 9.45. The maximum Gasteiger partial charge on any atom is 0.344 e. The minimum absolute atomic E-state index is 0.159. The maximum absolute atomic E-state index is 11.9. The smallest absolute Gasteiger partial charge is 0.344 e. The number of nitrogens with zero attached hydrogens (tertiary/aromatic N) is 2. The van der Waals surface area contributed by atoms with Crippen LogP contribution in [0.1, 0.15) is 12.5 Å². The van der Waals surface area contributed by atoms with Gasteiger partial charge in [0.2, 0.25) is 0 Å². The van der Waals surface area contributed by atoms with Crippen molar-refractivity contribution in [1.82, 2.24) is 10.3 Å². The van der Waals surface area contributed by atoms with E-state index in [4.69, 9.17) is 14.2 Å². The highest BCUT2D eigenvalue weighted by molar-refractivity contribution is 14.1. The summed E-state index contributed by atoms with van der Waals surface area (Å²) in [7, 11) is 0. The van der Waals surface area contributed by atoms with Gasteiger partial charge in [-0.1, -0.05) is 0 Å². The standard InChI is InChI=1S/C17H21BrIN3O5/c1-2-26-16(24)11-27-17-13(18)7-12(8-14(17)19)9-20-21-15(23)10-22-3-5-25-6-4-22/h7-9H,2-6,10-11H2,1H3,(H,21,23)/b20-9+. The lowest BCUT2D eigenvalue weighted by molar-refractivity contribution is -0.145. The molecule has 0 aliphatic carbocycles. The van der Waals surface area contributed by atoms with Gasteiger partial charge in [-0.25, -0.2) is 10.2 Å². The number of hydrazone groups is 1. The zero-order valence-corrected chi connectivity index (χ0v) is 18.6. The number of hydrogen-bond acceptors (Lipinski definition) is 7. The number of carbonyl (C=O) groups excluding carboxylic acids is 2. The summed E-state index contributed by atoms with van der Waals surface area (Å²) in [6, 6.07) is 3.63. The van der Waals surface area contributed by atoms with E-state index in [1.807, 2.05) is 11.0 Å². The van der Waals surface area contributed by atoms with Crippen LogP contribution in [0, 0.1) is 3.57 Å². The van der Waals surface area contributed by atoms with E-state index in [0.29, 0.717) is 36.6 Å². The van der Waals surface area contributed by atoms with Gasteiger partial charge in [0, 0.05) is 13.1 Å². The van der Waals surface area contributed by atoms with Crippen molar-refractivity contribution < 1.29 is 23.8 Å². The number of esters is 1. The van der Waals surface area contributed by atoms with Crippen LogP contribution >= 0.6 is 38.5 Å². The summed E-state index contributed by atoms with van der Waals surface area (Å²) >= 11 is 5.53. The van der Waals surface area contributed by atoms with Crippen LogP contribution in [0.3, 0.4) is 0 Å². The Morgan fingerprint density at radius 1 is 1.41 bits per heavy atom. The summed E-state index contributed by atoms with van der Waals surface area (Å²) in [5.74, 6) is -0.0396. The molecule has 0 unspecified atom stereocenters. The van der Waals surface area contributed by atoms with Crippen molar-refractivity contribution in [3.05, 3.63) is 25.7 Å². The topological polar surface area (TPSA) is 89.5 Å². The summed E-state index contributed by atoms with van der Waals surface area (Å²) in [4.78, 5) is 25.3. The Balaban J connectivity index is 1.87. The molecule has 1 aliphatic heterocycles. The summed E-state index contributed by atoms with van der Waals surface area (Å²) < 4.78 is 17.1. The number of rotatable bonds is 8. The van der Waals surface area contributed by atoms with Gasteiger partial charge < -0.3 is 14.2 Å². The number of benzene rings is 1. The zero-order valence-electron chi connectivity index (χ0n) is 14.9. The number of halogens is 2. The first-order valence-electron chi connectivity index (χ1n) is 8.39. The predicted octanol–water partition coefficient (Wildman–Crippen LogP) is 1.78. The van der Waals surface area contributed by atoms with Crippen LogP contribution < -0.4 is 10.2 Å². The van der Waals surface area contributed by atoms with Gasteiger partial charge in [0.05, 0.1) is 40.6 Å². The van der Waals surface area contributed by atoms with E-state index < -0.39 is 5.97 Å². The van der Waals surface area contributed by atoms with Gasteiger partial charge in [0.15, 0.2) is 6.61 Å². The minimum Gasteiger partial charge on any atom is -0.480 e. The van der Waals surface area contributed by atoms with E-state index in [0.717, 1.165) is 22.2 Å². The van der Waals surface area contributed by atoms with Crippen LogP contribution in [0.4, 0.5) is 0 Å². The molecule has 148 valence electrons. The van der Waals surface area contributed by atoms with Crippen molar-refractivity contribution in [3.63, 3.8) is 0 Å². The van der Waals surface area contributed by atoms with Crippen LogP contribution in [-0.2, 0) is 19.1 Å². The largest absolute Gasteiger partial charge is 0.480 e. The third kappa shape index (κ3) is 7.72. The first-order chi connectivity index (χ1) is 13.0. The molecule has 1 aromatic carbocycles. The van der Waals surface area contributed by atoms with Gasteiger partial charge in [-0.2, -0.15) is 5.10 Å². The van der Waals surface area contributed by atoms with Gasteiger partial charge >= 0.3 is 5.97 Å². The fourth-order valence-corrected chi connectivity index (χ4v) is 4.07. The number of carbonyl (C=O) groups is 2. The molecule has 1 aliphatic rings. The van der Waals surface area contributed by atoms with Crippen molar-refractivity contribution in [2.75, 3.05) is 46.1 Å². The first kappa shape index (κ1) is 22.1. The zero-order chi connectivity index (χ0) is 19.6. The molecule has 1 N–H and O–H groups in total. The van der Waals surface area contributed by atoms with E-state index in [-0.39, 0.29) is 12.5 Å². The Morgan fingerprint density at radius 2 is 2.15 bits per heavy atom. The molecule has 0 atom stereocenters. The van der Waals surface area contributed by atoms with Gasteiger partial charge in [0.1, 0.15) is 5.75 Å². The van der Waals surface area contributed by atoms with E-state index >= 15 is 0 Å². The average Bonchev–Trinajstić information content (AvgIpc) is 2.62. The van der Waals surface area contributed by atoms with Crippen LogP contribution in [0.2, 0.25) is 0 Å². The average molecular weight is 554 g/mol. The molecule has 1 aromatic rings.